The molecule has 1 aromatic carbocycles. The maximum atomic E-state index is 11.7. The van der Waals surface area contributed by atoms with Crippen LogP contribution in [0.1, 0.15) is 41.0 Å². The van der Waals surface area contributed by atoms with E-state index in [0.29, 0.717) is 6.42 Å². The summed E-state index contributed by atoms with van der Waals surface area (Å²) in [4.78, 5) is 22.4. The van der Waals surface area contributed by atoms with E-state index in [9.17, 15) is 18.0 Å². The van der Waals surface area contributed by atoms with Crippen molar-refractivity contribution in [3.05, 3.63) is 35.4 Å². The minimum Gasteiger partial charge on any atom is -0.478 e. The zero-order valence-corrected chi connectivity index (χ0v) is 11.4. The van der Waals surface area contributed by atoms with Crippen molar-refractivity contribution >= 4 is 21.9 Å². The van der Waals surface area contributed by atoms with Gasteiger partial charge >= 0.3 is 5.97 Å². The third kappa shape index (κ3) is 3.78. The largest absolute Gasteiger partial charge is 0.478 e. The number of benzene rings is 1. The van der Waals surface area contributed by atoms with Crippen molar-refractivity contribution in [2.24, 2.45) is 0 Å². The lowest BCUT2D eigenvalue weighted by atomic mass is 10.1. The molecule has 1 rings (SSSR count). The molecule has 0 heterocycles. The molecule has 1 unspecified atom stereocenters. The second-order valence-electron chi connectivity index (χ2n) is 4.08. The summed E-state index contributed by atoms with van der Waals surface area (Å²) in [5.74, 6) is -1.88. The van der Waals surface area contributed by atoms with Crippen LogP contribution in [0.5, 0.6) is 0 Å². The Balaban J connectivity index is 2.87. The lowest BCUT2D eigenvalue weighted by Crippen LogP contribution is -2.36. The molecule has 0 aliphatic rings. The number of hydrogen-bond donors (Lipinski definition) is 2. The van der Waals surface area contributed by atoms with Gasteiger partial charge in [0.2, 0.25) is 10.0 Å². The van der Waals surface area contributed by atoms with Gasteiger partial charge in [-0.3, -0.25) is 4.79 Å². The highest BCUT2D eigenvalue weighted by Gasteiger charge is 2.22. The van der Waals surface area contributed by atoms with Crippen molar-refractivity contribution in [2.45, 2.75) is 25.5 Å². The predicted molar refractivity (Wildman–Crippen MR) is 69.5 cm³/mol. The average Bonchev–Trinajstić information content (AvgIpc) is 2.37. The quantitative estimate of drug-likeness (QED) is 0.847. The second kappa shape index (κ2) is 5.83. The highest BCUT2D eigenvalue weighted by Crippen LogP contribution is 2.07. The molecule has 0 saturated heterocycles. The summed E-state index contributed by atoms with van der Waals surface area (Å²) in [6.45, 7) is 3.21. The number of amides is 1. The summed E-state index contributed by atoms with van der Waals surface area (Å²) in [7, 11) is -3.70. The van der Waals surface area contributed by atoms with Gasteiger partial charge in [0.1, 0.15) is 0 Å². The summed E-state index contributed by atoms with van der Waals surface area (Å²) >= 11 is 0. The Kier molecular flexibility index (Phi) is 4.66. The Morgan fingerprint density at radius 3 is 2.11 bits per heavy atom. The molecule has 7 heteroatoms. The standard InChI is InChI=1S/C12H15NO5S/c1-3-8(2)19(17,18)13-11(14)9-4-6-10(7-5-9)12(15)16/h4-8H,3H2,1-2H3,(H,13,14)(H,15,16). The molecule has 1 atom stereocenters. The molecular formula is C12H15NO5S. The number of carboxylic acids is 1. The van der Waals surface area contributed by atoms with Crippen molar-refractivity contribution in [1.29, 1.82) is 0 Å². The fourth-order valence-corrected chi connectivity index (χ4v) is 2.29. The van der Waals surface area contributed by atoms with Gasteiger partial charge in [-0.15, -0.1) is 0 Å². The Labute approximate surface area is 111 Å². The number of hydrogen-bond acceptors (Lipinski definition) is 4. The van der Waals surface area contributed by atoms with E-state index in [4.69, 9.17) is 5.11 Å². The van der Waals surface area contributed by atoms with Gasteiger partial charge in [-0.05, 0) is 37.6 Å². The number of rotatable bonds is 5. The zero-order chi connectivity index (χ0) is 14.6. The van der Waals surface area contributed by atoms with Gasteiger partial charge in [0, 0.05) is 5.56 Å². The second-order valence-corrected chi connectivity index (χ2v) is 6.18. The number of aromatic carboxylic acids is 1. The number of sulfonamides is 1. The third-order valence-electron chi connectivity index (χ3n) is 2.73. The number of carbonyl (C=O) groups excluding carboxylic acids is 1. The predicted octanol–water partition coefficient (Wildman–Crippen LogP) is 1.24. The third-order valence-corrected chi connectivity index (χ3v) is 4.60. The van der Waals surface area contributed by atoms with Crippen LogP contribution in [0, 0.1) is 0 Å². The first-order chi connectivity index (χ1) is 8.77. The Morgan fingerprint density at radius 2 is 1.68 bits per heavy atom. The van der Waals surface area contributed by atoms with Crippen LogP contribution in [-0.4, -0.2) is 30.7 Å². The SMILES string of the molecule is CCC(C)S(=O)(=O)NC(=O)c1ccc(C(=O)O)cc1. The molecule has 2 N–H and O–H groups in total. The topological polar surface area (TPSA) is 101 Å². The van der Waals surface area contributed by atoms with Crippen LogP contribution < -0.4 is 4.72 Å². The van der Waals surface area contributed by atoms with E-state index in [2.05, 4.69) is 0 Å². The van der Waals surface area contributed by atoms with Gasteiger partial charge < -0.3 is 5.11 Å². The summed E-state index contributed by atoms with van der Waals surface area (Å²) in [5.41, 5.74) is 0.123. The van der Waals surface area contributed by atoms with Crippen LogP contribution in [0.4, 0.5) is 0 Å². The van der Waals surface area contributed by atoms with Gasteiger partial charge in [0.25, 0.3) is 5.91 Å². The van der Waals surface area contributed by atoms with E-state index in [1.165, 1.54) is 31.2 Å². The molecule has 0 radical (unpaired) electrons. The normalized spacial score (nSPS) is 12.7. The molecule has 0 bridgehead atoms. The minimum atomic E-state index is -3.70. The van der Waals surface area contributed by atoms with Crippen molar-refractivity contribution in [1.82, 2.24) is 4.72 Å². The molecule has 1 aromatic rings. The van der Waals surface area contributed by atoms with E-state index in [0.717, 1.165) is 0 Å². The lowest BCUT2D eigenvalue weighted by molar-refractivity contribution is 0.0696. The van der Waals surface area contributed by atoms with Gasteiger partial charge in [-0.25, -0.2) is 17.9 Å². The molecule has 1 amide bonds. The molecule has 0 spiro atoms. The molecule has 19 heavy (non-hydrogen) atoms. The van der Waals surface area contributed by atoms with Gasteiger partial charge in [0.05, 0.1) is 10.8 Å². The van der Waals surface area contributed by atoms with Crippen molar-refractivity contribution in [3.63, 3.8) is 0 Å². The highest BCUT2D eigenvalue weighted by molar-refractivity contribution is 7.90. The summed E-state index contributed by atoms with van der Waals surface area (Å²) < 4.78 is 25.3. The Hall–Kier alpha value is -1.89. The van der Waals surface area contributed by atoms with E-state index in [1.807, 2.05) is 4.72 Å². The molecule has 0 aliphatic heterocycles. The first-order valence-corrected chi connectivity index (χ1v) is 7.22. The van der Waals surface area contributed by atoms with Gasteiger partial charge in [0.15, 0.2) is 0 Å². The fourth-order valence-electron chi connectivity index (χ4n) is 1.27. The van der Waals surface area contributed by atoms with Crippen molar-refractivity contribution in [3.8, 4) is 0 Å². The molecule has 0 fully saturated rings. The molecular weight excluding hydrogens is 270 g/mol. The number of carboxylic acid groups (broad SMARTS) is 1. The van der Waals surface area contributed by atoms with E-state index in [1.54, 1.807) is 6.92 Å². The Morgan fingerprint density at radius 1 is 1.21 bits per heavy atom. The fraction of sp³-hybridized carbons (Fsp3) is 0.333. The maximum Gasteiger partial charge on any atom is 0.335 e. The van der Waals surface area contributed by atoms with Crippen LogP contribution in [0.2, 0.25) is 0 Å². The van der Waals surface area contributed by atoms with Crippen LogP contribution >= 0.6 is 0 Å². The average molecular weight is 285 g/mol. The van der Waals surface area contributed by atoms with Gasteiger partial charge in [-0.1, -0.05) is 6.92 Å². The first kappa shape index (κ1) is 15.2. The van der Waals surface area contributed by atoms with Crippen LogP contribution in [0.25, 0.3) is 0 Å². The van der Waals surface area contributed by atoms with E-state index in [-0.39, 0.29) is 11.1 Å². The van der Waals surface area contributed by atoms with Crippen LogP contribution in [0.3, 0.4) is 0 Å². The lowest BCUT2D eigenvalue weighted by Gasteiger charge is -2.11. The number of carbonyl (C=O) groups is 2. The smallest absolute Gasteiger partial charge is 0.335 e. The van der Waals surface area contributed by atoms with Gasteiger partial charge in [-0.2, -0.15) is 0 Å². The van der Waals surface area contributed by atoms with Crippen LogP contribution in [-0.2, 0) is 10.0 Å². The van der Waals surface area contributed by atoms with Crippen molar-refractivity contribution in [2.75, 3.05) is 0 Å². The highest BCUT2D eigenvalue weighted by atomic mass is 32.2. The molecule has 0 saturated carbocycles. The zero-order valence-electron chi connectivity index (χ0n) is 10.6. The Bertz CT molecular complexity index is 577. The maximum absolute atomic E-state index is 11.7. The minimum absolute atomic E-state index is 0.0290. The van der Waals surface area contributed by atoms with Crippen LogP contribution in [0.15, 0.2) is 24.3 Å². The van der Waals surface area contributed by atoms with E-state index < -0.39 is 27.1 Å². The summed E-state index contributed by atoms with van der Waals surface area (Å²) in [5, 5.41) is 8.04. The first-order valence-electron chi connectivity index (χ1n) is 5.67. The molecule has 6 nitrogen and oxygen atoms in total. The number of nitrogens with one attached hydrogen (secondary N) is 1. The molecule has 104 valence electrons. The molecule has 0 aliphatic carbocycles. The van der Waals surface area contributed by atoms with Crippen molar-refractivity contribution < 1.29 is 23.1 Å². The summed E-state index contributed by atoms with van der Waals surface area (Å²) in [6, 6.07) is 5.02. The summed E-state index contributed by atoms with van der Waals surface area (Å²) in [6.07, 6.45) is 0.389. The monoisotopic (exact) mass is 285 g/mol. The van der Waals surface area contributed by atoms with E-state index >= 15 is 0 Å². The molecule has 0 aromatic heterocycles.